The lowest BCUT2D eigenvalue weighted by Crippen LogP contribution is -2.56. The van der Waals surface area contributed by atoms with Crippen molar-refractivity contribution >= 4 is 34.9 Å². The second-order valence-electron chi connectivity index (χ2n) is 6.39. The van der Waals surface area contributed by atoms with Crippen LogP contribution >= 0.6 is 11.6 Å². The highest BCUT2D eigenvalue weighted by Crippen LogP contribution is 2.36. The first-order valence-corrected chi connectivity index (χ1v) is 8.26. The van der Waals surface area contributed by atoms with Gasteiger partial charge in [0.1, 0.15) is 11.6 Å². The van der Waals surface area contributed by atoms with E-state index in [2.05, 4.69) is 15.7 Å². The van der Waals surface area contributed by atoms with Gasteiger partial charge in [0.15, 0.2) is 0 Å². The van der Waals surface area contributed by atoms with Gasteiger partial charge in [-0.05, 0) is 45.9 Å². The Balaban J connectivity index is 1.89. The molecule has 0 spiro atoms. The summed E-state index contributed by atoms with van der Waals surface area (Å²) in [6.07, 6.45) is 0. The zero-order valence-electron chi connectivity index (χ0n) is 14.4. The number of ether oxygens (including phenoxy) is 1. The van der Waals surface area contributed by atoms with Crippen LogP contribution < -0.4 is 15.4 Å². The summed E-state index contributed by atoms with van der Waals surface area (Å²) in [5, 5.41) is 10.2. The molecule has 8 heteroatoms. The van der Waals surface area contributed by atoms with Crippen molar-refractivity contribution in [2.45, 2.75) is 39.3 Å². The van der Waals surface area contributed by atoms with Crippen LogP contribution in [0.4, 0.5) is 11.5 Å². The number of halogens is 1. The number of anilines is 2. The number of fused-ring (bicyclic) bond motifs is 1. The van der Waals surface area contributed by atoms with Crippen LogP contribution in [0.5, 0.6) is 5.75 Å². The summed E-state index contributed by atoms with van der Waals surface area (Å²) in [5.74, 6) is -0.244. The fourth-order valence-corrected chi connectivity index (χ4v) is 2.76. The van der Waals surface area contributed by atoms with Crippen LogP contribution in [0.25, 0.3) is 0 Å². The predicted molar refractivity (Wildman–Crippen MR) is 95.1 cm³/mol. The molecule has 0 bridgehead atoms. The van der Waals surface area contributed by atoms with Gasteiger partial charge in [-0.1, -0.05) is 11.6 Å². The molecule has 1 unspecified atom stereocenters. The number of carbonyl (C=O) groups is 2. The predicted octanol–water partition coefficient (Wildman–Crippen LogP) is 3.15. The lowest BCUT2D eigenvalue weighted by Gasteiger charge is -2.33. The molecule has 2 N–H and O–H groups in total. The van der Waals surface area contributed by atoms with E-state index in [-0.39, 0.29) is 6.04 Å². The molecule has 1 aromatic heterocycles. The average Bonchev–Trinajstić information content (AvgIpc) is 2.89. The molecule has 1 aromatic carbocycles. The number of nitrogens with zero attached hydrogens (tertiary/aromatic N) is 2. The van der Waals surface area contributed by atoms with E-state index < -0.39 is 17.4 Å². The van der Waals surface area contributed by atoms with Crippen molar-refractivity contribution in [3.63, 3.8) is 0 Å². The molecular formula is C17H19ClN4O3. The molecule has 7 nitrogen and oxygen atoms in total. The molecule has 0 saturated carbocycles. The van der Waals surface area contributed by atoms with Gasteiger partial charge in [-0.15, -0.1) is 0 Å². The first-order valence-electron chi connectivity index (χ1n) is 7.88. The fourth-order valence-electron chi connectivity index (χ4n) is 2.59. The number of hydrogen-bond acceptors (Lipinski definition) is 4. The minimum absolute atomic E-state index is 0.0563. The Morgan fingerprint density at radius 3 is 2.80 bits per heavy atom. The molecule has 0 saturated heterocycles. The quantitative estimate of drug-likeness (QED) is 0.821. The Bertz CT molecular complexity index is 862. The molecule has 0 fully saturated rings. The van der Waals surface area contributed by atoms with Crippen LogP contribution in [0.3, 0.4) is 0 Å². The highest BCUT2D eigenvalue weighted by atomic mass is 35.5. The summed E-state index contributed by atoms with van der Waals surface area (Å²) in [6.45, 7) is 7.17. The van der Waals surface area contributed by atoms with Crippen molar-refractivity contribution in [1.29, 1.82) is 0 Å². The van der Waals surface area contributed by atoms with Gasteiger partial charge in [-0.25, -0.2) is 4.68 Å². The summed E-state index contributed by atoms with van der Waals surface area (Å²) in [4.78, 5) is 25.3. The van der Waals surface area contributed by atoms with E-state index in [1.807, 2.05) is 20.8 Å². The van der Waals surface area contributed by atoms with E-state index in [1.165, 1.54) is 6.92 Å². The zero-order valence-corrected chi connectivity index (χ0v) is 15.1. The maximum Gasteiger partial charge on any atom is 0.279 e. The van der Waals surface area contributed by atoms with Crippen molar-refractivity contribution < 1.29 is 14.3 Å². The van der Waals surface area contributed by atoms with Crippen molar-refractivity contribution in [2.75, 3.05) is 10.6 Å². The molecular weight excluding hydrogens is 344 g/mol. The number of nitrogens with one attached hydrogen (secondary N) is 2. The molecule has 1 atom stereocenters. The van der Waals surface area contributed by atoms with Gasteiger partial charge >= 0.3 is 0 Å². The van der Waals surface area contributed by atoms with Gasteiger partial charge in [0.05, 0.1) is 11.4 Å². The molecule has 0 aliphatic carbocycles. The normalized spacial score (nSPS) is 19.2. The number of benzene rings is 1. The van der Waals surface area contributed by atoms with E-state index in [4.69, 9.17) is 16.3 Å². The fraction of sp³-hybridized carbons (Fsp3) is 0.353. The molecule has 1 aliphatic rings. The summed E-state index contributed by atoms with van der Waals surface area (Å²) < 4.78 is 7.40. The van der Waals surface area contributed by atoms with Crippen molar-refractivity contribution in [3.8, 4) is 5.75 Å². The molecule has 1 aliphatic heterocycles. The summed E-state index contributed by atoms with van der Waals surface area (Å²) in [5.41, 5.74) is -0.505. The lowest BCUT2D eigenvalue weighted by atomic mass is 10.0. The topological polar surface area (TPSA) is 85.3 Å². The second-order valence-corrected chi connectivity index (χ2v) is 6.83. The molecule has 2 amide bonds. The van der Waals surface area contributed by atoms with E-state index in [0.717, 1.165) is 5.69 Å². The van der Waals surface area contributed by atoms with Crippen LogP contribution in [0, 0.1) is 6.92 Å². The van der Waals surface area contributed by atoms with E-state index in [1.54, 1.807) is 28.9 Å². The van der Waals surface area contributed by atoms with Crippen LogP contribution in [0.1, 0.15) is 32.5 Å². The number of carbonyl (C=O) groups excluding carboxylic acids is 2. The molecule has 25 heavy (non-hydrogen) atoms. The Morgan fingerprint density at radius 1 is 1.40 bits per heavy atom. The SMILES string of the molecule is Cc1cc(NC(=O)C2(C)Oc3ccc(Cl)cc3NC2=O)n(C(C)C)n1. The summed E-state index contributed by atoms with van der Waals surface area (Å²) in [6, 6.07) is 6.62. The molecule has 2 heterocycles. The van der Waals surface area contributed by atoms with Gasteiger partial charge < -0.3 is 15.4 Å². The highest BCUT2D eigenvalue weighted by Gasteiger charge is 2.47. The number of hydrogen-bond donors (Lipinski definition) is 2. The number of aryl methyl sites for hydroxylation is 1. The van der Waals surface area contributed by atoms with Gasteiger partial charge in [-0.3, -0.25) is 9.59 Å². The lowest BCUT2D eigenvalue weighted by molar-refractivity contribution is -0.143. The summed E-state index contributed by atoms with van der Waals surface area (Å²) in [7, 11) is 0. The monoisotopic (exact) mass is 362 g/mol. The smallest absolute Gasteiger partial charge is 0.279 e. The Kier molecular flexibility index (Phi) is 4.20. The van der Waals surface area contributed by atoms with Crippen LogP contribution in [-0.4, -0.2) is 27.2 Å². The Labute approximate surface area is 150 Å². The average molecular weight is 363 g/mol. The van der Waals surface area contributed by atoms with Crippen molar-refractivity contribution in [1.82, 2.24) is 9.78 Å². The maximum atomic E-state index is 12.8. The minimum atomic E-state index is -1.71. The summed E-state index contributed by atoms with van der Waals surface area (Å²) >= 11 is 5.92. The molecule has 3 rings (SSSR count). The largest absolute Gasteiger partial charge is 0.466 e. The van der Waals surface area contributed by atoms with E-state index in [9.17, 15) is 9.59 Å². The van der Waals surface area contributed by atoms with Crippen LogP contribution in [0.15, 0.2) is 24.3 Å². The Morgan fingerprint density at radius 2 is 2.12 bits per heavy atom. The van der Waals surface area contributed by atoms with E-state index >= 15 is 0 Å². The van der Waals surface area contributed by atoms with Crippen molar-refractivity contribution in [3.05, 3.63) is 35.0 Å². The standard InChI is InChI=1S/C17H19ClN4O3/c1-9(2)22-14(7-10(3)21-22)20-16(24)17(4)15(23)19-12-8-11(18)5-6-13(12)25-17/h5-9H,1-4H3,(H,19,23)(H,20,24). The van der Waals surface area contributed by atoms with Gasteiger partial charge in [0.2, 0.25) is 0 Å². The molecule has 2 aromatic rings. The van der Waals surface area contributed by atoms with Crippen molar-refractivity contribution in [2.24, 2.45) is 0 Å². The van der Waals surface area contributed by atoms with E-state index in [0.29, 0.717) is 22.3 Å². The third kappa shape index (κ3) is 3.07. The van der Waals surface area contributed by atoms with Crippen LogP contribution in [0.2, 0.25) is 5.02 Å². The maximum absolute atomic E-state index is 12.8. The molecule has 132 valence electrons. The zero-order chi connectivity index (χ0) is 18.4. The number of amides is 2. The van der Waals surface area contributed by atoms with Gasteiger partial charge in [-0.2, -0.15) is 5.10 Å². The number of rotatable bonds is 3. The minimum Gasteiger partial charge on any atom is -0.466 e. The third-order valence-electron chi connectivity index (χ3n) is 3.96. The Hall–Kier alpha value is -2.54. The molecule has 0 radical (unpaired) electrons. The van der Waals surface area contributed by atoms with Crippen LogP contribution in [-0.2, 0) is 9.59 Å². The third-order valence-corrected chi connectivity index (χ3v) is 4.19. The van der Waals surface area contributed by atoms with Gasteiger partial charge in [0.25, 0.3) is 17.4 Å². The first kappa shape index (κ1) is 17.3. The second kappa shape index (κ2) is 6.07. The highest BCUT2D eigenvalue weighted by molar-refractivity contribution is 6.31. The number of aromatic nitrogens is 2. The first-order chi connectivity index (χ1) is 11.7. The van der Waals surface area contributed by atoms with Gasteiger partial charge in [0, 0.05) is 17.1 Å².